The van der Waals surface area contributed by atoms with Crippen LogP contribution in [0.4, 0.5) is 0 Å². The molecule has 0 N–H and O–H groups in total. The molecule has 0 spiro atoms. The molecule has 4 aromatic carbocycles. The van der Waals surface area contributed by atoms with E-state index in [2.05, 4.69) is 12.1 Å². The summed E-state index contributed by atoms with van der Waals surface area (Å²) in [5, 5.41) is 5.76. The number of para-hydroxylation sites is 3. The largest absolute Gasteiger partial charge is 0.456 e. The van der Waals surface area contributed by atoms with Gasteiger partial charge in [-0.3, -0.25) is 9.20 Å². The lowest BCUT2D eigenvalue weighted by molar-refractivity contribution is 0.669. The van der Waals surface area contributed by atoms with Gasteiger partial charge in [-0.25, -0.2) is 4.98 Å². The molecule has 0 amide bonds. The van der Waals surface area contributed by atoms with Crippen molar-refractivity contribution < 1.29 is 4.42 Å². The van der Waals surface area contributed by atoms with Gasteiger partial charge in [-0.05, 0) is 36.4 Å². The lowest BCUT2D eigenvalue weighted by atomic mass is 10.00. The first-order chi connectivity index (χ1) is 14.8. The minimum Gasteiger partial charge on any atom is -0.456 e. The van der Waals surface area contributed by atoms with Crippen LogP contribution in [0.15, 0.2) is 94.1 Å². The van der Waals surface area contributed by atoms with E-state index in [1.165, 1.54) is 0 Å². The summed E-state index contributed by atoms with van der Waals surface area (Å²) in [4.78, 5) is 18.4. The van der Waals surface area contributed by atoms with E-state index in [0.717, 1.165) is 43.6 Å². The molecule has 0 aliphatic heterocycles. The number of nitrogens with zero attached hydrogens (tertiary/aromatic N) is 2. The summed E-state index contributed by atoms with van der Waals surface area (Å²) in [5.41, 5.74) is 3.86. The third kappa shape index (κ3) is 1.85. The minimum atomic E-state index is -0.0501. The van der Waals surface area contributed by atoms with Crippen LogP contribution in [0.25, 0.3) is 60.2 Å². The minimum absolute atomic E-state index is 0.0501. The Morgan fingerprint density at radius 3 is 2.27 bits per heavy atom. The summed E-state index contributed by atoms with van der Waals surface area (Å²) < 4.78 is 7.87. The molecule has 30 heavy (non-hydrogen) atoms. The second kappa shape index (κ2) is 5.45. The molecule has 4 nitrogen and oxygen atoms in total. The van der Waals surface area contributed by atoms with Crippen LogP contribution in [0.3, 0.4) is 0 Å². The van der Waals surface area contributed by atoms with Gasteiger partial charge in [0.1, 0.15) is 16.8 Å². The van der Waals surface area contributed by atoms with Gasteiger partial charge in [0.15, 0.2) is 0 Å². The molecule has 3 aromatic heterocycles. The van der Waals surface area contributed by atoms with E-state index in [9.17, 15) is 4.79 Å². The van der Waals surface area contributed by atoms with Gasteiger partial charge in [0, 0.05) is 26.9 Å². The van der Waals surface area contributed by atoms with Crippen molar-refractivity contribution in [3.8, 4) is 0 Å². The van der Waals surface area contributed by atoms with Gasteiger partial charge in [-0.15, -0.1) is 0 Å². The lowest BCUT2D eigenvalue weighted by Crippen LogP contribution is -2.16. The fourth-order valence-electron chi connectivity index (χ4n) is 4.70. The normalized spacial score (nSPS) is 12.1. The number of hydrogen-bond donors (Lipinski definition) is 0. The first-order valence-corrected chi connectivity index (χ1v) is 9.87. The van der Waals surface area contributed by atoms with E-state index in [4.69, 9.17) is 9.40 Å². The molecule has 0 saturated carbocycles. The Bertz CT molecular complexity index is 1880. The van der Waals surface area contributed by atoms with Gasteiger partial charge in [-0.2, -0.15) is 0 Å². The monoisotopic (exact) mass is 386 g/mol. The zero-order chi connectivity index (χ0) is 19.8. The fraction of sp³-hybridized carbons (Fsp3) is 0. The second-order valence-electron chi connectivity index (χ2n) is 7.57. The van der Waals surface area contributed by atoms with Gasteiger partial charge in [0.05, 0.1) is 16.4 Å². The highest BCUT2D eigenvalue weighted by Gasteiger charge is 2.18. The van der Waals surface area contributed by atoms with Crippen molar-refractivity contribution in [1.82, 2.24) is 9.38 Å². The van der Waals surface area contributed by atoms with Crippen molar-refractivity contribution in [2.75, 3.05) is 0 Å². The zero-order valence-electron chi connectivity index (χ0n) is 15.8. The number of pyridine rings is 1. The molecule has 140 valence electrons. The predicted molar refractivity (Wildman–Crippen MR) is 121 cm³/mol. The van der Waals surface area contributed by atoms with Gasteiger partial charge in [-0.1, -0.05) is 48.5 Å². The molecule has 0 fully saturated rings. The van der Waals surface area contributed by atoms with Gasteiger partial charge >= 0.3 is 0 Å². The van der Waals surface area contributed by atoms with Crippen molar-refractivity contribution >= 4 is 60.2 Å². The molecule has 7 aromatic rings. The van der Waals surface area contributed by atoms with Crippen molar-refractivity contribution in [3.63, 3.8) is 0 Å². The standard InChI is InChI=1S/C26H14N2O2/c29-26-15-7-1-4-10-19(15)27-25-18-13-14-22-24(17-9-3-6-12-21(17)30-22)23(18)16-8-2-5-11-20(16)28(25)26/h1-14H. The first kappa shape index (κ1) is 15.7. The first-order valence-electron chi connectivity index (χ1n) is 9.87. The predicted octanol–water partition coefficient (Wildman–Crippen LogP) is 6.05. The summed E-state index contributed by atoms with van der Waals surface area (Å²) in [5.74, 6) is 0. The highest BCUT2D eigenvalue weighted by atomic mass is 16.3. The van der Waals surface area contributed by atoms with Crippen molar-refractivity contribution in [3.05, 3.63) is 95.3 Å². The summed E-state index contributed by atoms with van der Waals surface area (Å²) >= 11 is 0. The summed E-state index contributed by atoms with van der Waals surface area (Å²) in [6.07, 6.45) is 0. The third-order valence-electron chi connectivity index (χ3n) is 5.97. The van der Waals surface area contributed by atoms with Gasteiger partial charge in [0.2, 0.25) is 0 Å². The Hall–Kier alpha value is -4.18. The number of hydrogen-bond acceptors (Lipinski definition) is 3. The molecule has 0 saturated heterocycles. The smallest absolute Gasteiger partial charge is 0.266 e. The average molecular weight is 386 g/mol. The lowest BCUT2D eigenvalue weighted by Gasteiger charge is -2.12. The maximum absolute atomic E-state index is 13.5. The Labute approximate surface area is 169 Å². The maximum atomic E-state index is 13.5. The molecular weight excluding hydrogens is 372 g/mol. The van der Waals surface area contributed by atoms with E-state index in [1.807, 2.05) is 72.8 Å². The van der Waals surface area contributed by atoms with Crippen LogP contribution in [0, 0.1) is 0 Å². The average Bonchev–Trinajstić information content (AvgIpc) is 3.18. The van der Waals surface area contributed by atoms with Crippen molar-refractivity contribution in [2.24, 2.45) is 0 Å². The van der Waals surface area contributed by atoms with Crippen LogP contribution in [0.1, 0.15) is 0 Å². The van der Waals surface area contributed by atoms with E-state index >= 15 is 0 Å². The summed E-state index contributed by atoms with van der Waals surface area (Å²) in [6.45, 7) is 0. The van der Waals surface area contributed by atoms with Crippen LogP contribution in [-0.2, 0) is 0 Å². The zero-order valence-corrected chi connectivity index (χ0v) is 15.8. The third-order valence-corrected chi connectivity index (χ3v) is 5.97. The van der Waals surface area contributed by atoms with E-state index in [1.54, 1.807) is 4.40 Å². The molecule has 7 rings (SSSR count). The van der Waals surface area contributed by atoms with Crippen LogP contribution in [0.5, 0.6) is 0 Å². The van der Waals surface area contributed by atoms with E-state index < -0.39 is 0 Å². The molecule has 3 heterocycles. The van der Waals surface area contributed by atoms with Crippen LogP contribution in [0.2, 0.25) is 0 Å². The highest BCUT2D eigenvalue weighted by molar-refractivity contribution is 6.28. The van der Waals surface area contributed by atoms with Gasteiger partial charge in [0.25, 0.3) is 5.56 Å². The van der Waals surface area contributed by atoms with Crippen LogP contribution in [-0.4, -0.2) is 9.38 Å². The molecule has 0 bridgehead atoms. The number of fused-ring (bicyclic) bond motifs is 11. The molecule has 0 atom stereocenters. The Morgan fingerprint density at radius 2 is 1.37 bits per heavy atom. The van der Waals surface area contributed by atoms with Crippen LogP contribution >= 0.6 is 0 Å². The molecule has 0 radical (unpaired) electrons. The SMILES string of the molecule is O=c1c2ccccc2nc2c3ccc4oc5ccccc5c4c3c3ccccc3n12. The van der Waals surface area contributed by atoms with E-state index in [0.29, 0.717) is 16.6 Å². The maximum Gasteiger partial charge on any atom is 0.266 e. The van der Waals surface area contributed by atoms with Crippen LogP contribution < -0.4 is 5.56 Å². The highest BCUT2D eigenvalue weighted by Crippen LogP contribution is 2.39. The topological polar surface area (TPSA) is 47.5 Å². The number of rotatable bonds is 0. The van der Waals surface area contributed by atoms with Gasteiger partial charge < -0.3 is 4.42 Å². The molecule has 0 aliphatic rings. The van der Waals surface area contributed by atoms with E-state index in [-0.39, 0.29) is 5.56 Å². The summed E-state index contributed by atoms with van der Waals surface area (Å²) in [7, 11) is 0. The van der Waals surface area contributed by atoms with Crippen molar-refractivity contribution in [2.45, 2.75) is 0 Å². The quantitative estimate of drug-likeness (QED) is 0.235. The second-order valence-corrected chi connectivity index (χ2v) is 7.57. The molecule has 4 heteroatoms. The number of aromatic nitrogens is 2. The Morgan fingerprint density at radius 1 is 0.633 bits per heavy atom. The molecular formula is C26H14N2O2. The Balaban J connectivity index is 1.90. The number of benzene rings is 4. The Kier molecular flexibility index (Phi) is 2.86. The fourth-order valence-corrected chi connectivity index (χ4v) is 4.70. The van der Waals surface area contributed by atoms with Crippen molar-refractivity contribution in [1.29, 1.82) is 0 Å². The molecule has 0 aliphatic carbocycles. The summed E-state index contributed by atoms with van der Waals surface area (Å²) in [6, 6.07) is 27.6. The molecule has 0 unspecified atom stereocenters. The number of furan rings is 1.